The molecule has 0 aliphatic rings. The Morgan fingerprint density at radius 1 is 1.23 bits per heavy atom. The zero-order valence-corrected chi connectivity index (χ0v) is 6.88. The van der Waals surface area contributed by atoms with Crippen molar-refractivity contribution in [3.8, 4) is 0 Å². The fraction of sp³-hybridized carbons (Fsp3) is 0. The van der Waals surface area contributed by atoms with Crippen molar-refractivity contribution in [3.05, 3.63) is 43.0 Å². The maximum Gasteiger partial charge on any atom is 0.116 e. The molecule has 3 heterocycles. The second-order valence-electron chi connectivity index (χ2n) is 2.93. The zero-order chi connectivity index (χ0) is 8.67. The lowest BCUT2D eigenvalue weighted by Crippen LogP contribution is -1.82. The standard InChI is InChI=1S/C10H7N3/c1-2-4-13-8(3-1)5-9-10(13)6-11-7-12-9/h1-7H. The smallest absolute Gasteiger partial charge is 0.116 e. The Labute approximate surface area is 74.7 Å². The summed E-state index contributed by atoms with van der Waals surface area (Å²) in [4.78, 5) is 8.19. The molecule has 0 aliphatic heterocycles. The van der Waals surface area contributed by atoms with Crippen LogP contribution in [0.1, 0.15) is 0 Å². The number of hydrogen-bond acceptors (Lipinski definition) is 2. The lowest BCUT2D eigenvalue weighted by atomic mass is 10.4. The quantitative estimate of drug-likeness (QED) is 0.514. The Morgan fingerprint density at radius 2 is 2.23 bits per heavy atom. The van der Waals surface area contributed by atoms with E-state index in [4.69, 9.17) is 0 Å². The number of hydrogen-bond donors (Lipinski definition) is 0. The first-order valence-electron chi connectivity index (χ1n) is 4.11. The predicted molar refractivity (Wildman–Crippen MR) is 50.5 cm³/mol. The molecule has 0 saturated carbocycles. The van der Waals surface area contributed by atoms with Crippen molar-refractivity contribution in [3.63, 3.8) is 0 Å². The van der Waals surface area contributed by atoms with Crippen molar-refractivity contribution < 1.29 is 0 Å². The van der Waals surface area contributed by atoms with E-state index in [0.29, 0.717) is 0 Å². The normalized spacial score (nSPS) is 11.1. The van der Waals surface area contributed by atoms with Gasteiger partial charge in [-0.25, -0.2) is 9.97 Å². The van der Waals surface area contributed by atoms with Gasteiger partial charge < -0.3 is 4.40 Å². The van der Waals surface area contributed by atoms with Crippen molar-refractivity contribution in [1.82, 2.24) is 14.4 Å². The van der Waals surface area contributed by atoms with E-state index in [2.05, 4.69) is 26.5 Å². The van der Waals surface area contributed by atoms with Crippen LogP contribution in [-0.4, -0.2) is 14.4 Å². The lowest BCUT2D eigenvalue weighted by molar-refractivity contribution is 1.18. The molecule has 62 valence electrons. The van der Waals surface area contributed by atoms with Gasteiger partial charge in [-0.1, -0.05) is 6.07 Å². The third-order valence-corrected chi connectivity index (χ3v) is 2.16. The molecule has 0 bridgehead atoms. The monoisotopic (exact) mass is 169 g/mol. The van der Waals surface area contributed by atoms with E-state index in [-0.39, 0.29) is 0 Å². The second-order valence-corrected chi connectivity index (χ2v) is 2.93. The van der Waals surface area contributed by atoms with Gasteiger partial charge in [0, 0.05) is 11.7 Å². The molecule has 3 aromatic rings. The average Bonchev–Trinajstić information content (AvgIpc) is 2.56. The van der Waals surface area contributed by atoms with E-state index in [9.17, 15) is 0 Å². The van der Waals surface area contributed by atoms with Crippen LogP contribution in [0.25, 0.3) is 16.6 Å². The van der Waals surface area contributed by atoms with Gasteiger partial charge in [0.1, 0.15) is 6.33 Å². The summed E-state index contributed by atoms with van der Waals surface area (Å²) in [7, 11) is 0. The molecule has 0 fully saturated rings. The summed E-state index contributed by atoms with van der Waals surface area (Å²) in [6.45, 7) is 0. The highest BCUT2D eigenvalue weighted by Gasteiger charge is 2.00. The van der Waals surface area contributed by atoms with Crippen LogP contribution in [-0.2, 0) is 0 Å². The minimum absolute atomic E-state index is 0.987. The number of nitrogens with zero attached hydrogens (tertiary/aromatic N) is 3. The predicted octanol–water partition coefficient (Wildman–Crippen LogP) is 1.88. The van der Waals surface area contributed by atoms with Gasteiger partial charge in [-0.2, -0.15) is 0 Å². The molecule has 3 heteroatoms. The Balaban J connectivity index is 2.64. The summed E-state index contributed by atoms with van der Waals surface area (Å²) >= 11 is 0. The van der Waals surface area contributed by atoms with Crippen LogP contribution >= 0.6 is 0 Å². The van der Waals surface area contributed by atoms with Crippen LogP contribution in [0.15, 0.2) is 43.0 Å². The molecular weight excluding hydrogens is 162 g/mol. The summed E-state index contributed by atoms with van der Waals surface area (Å²) in [5.74, 6) is 0. The van der Waals surface area contributed by atoms with E-state index >= 15 is 0 Å². The highest BCUT2D eigenvalue weighted by Crippen LogP contribution is 2.15. The van der Waals surface area contributed by atoms with Crippen LogP contribution in [0.3, 0.4) is 0 Å². The van der Waals surface area contributed by atoms with E-state index in [0.717, 1.165) is 16.6 Å². The molecule has 0 N–H and O–H groups in total. The highest BCUT2D eigenvalue weighted by molar-refractivity contribution is 5.82. The Hall–Kier alpha value is -1.90. The van der Waals surface area contributed by atoms with E-state index < -0.39 is 0 Å². The topological polar surface area (TPSA) is 30.2 Å². The number of fused-ring (bicyclic) bond motifs is 3. The number of pyridine rings is 1. The fourth-order valence-corrected chi connectivity index (χ4v) is 1.56. The second kappa shape index (κ2) is 2.29. The largest absolute Gasteiger partial charge is 0.314 e. The molecule has 13 heavy (non-hydrogen) atoms. The molecule has 0 unspecified atom stereocenters. The van der Waals surface area contributed by atoms with Crippen LogP contribution in [0, 0.1) is 0 Å². The molecular formula is C10H7N3. The van der Waals surface area contributed by atoms with Crippen molar-refractivity contribution in [1.29, 1.82) is 0 Å². The Bertz CT molecular complexity index is 518. The average molecular weight is 169 g/mol. The molecule has 0 atom stereocenters. The van der Waals surface area contributed by atoms with Crippen molar-refractivity contribution in [2.24, 2.45) is 0 Å². The summed E-state index contributed by atoms with van der Waals surface area (Å²) in [5, 5.41) is 0. The molecule has 0 spiro atoms. The molecule has 0 radical (unpaired) electrons. The van der Waals surface area contributed by atoms with Gasteiger partial charge in [-0.3, -0.25) is 0 Å². The van der Waals surface area contributed by atoms with Gasteiger partial charge in [0.15, 0.2) is 0 Å². The maximum atomic E-state index is 4.19. The van der Waals surface area contributed by atoms with Crippen LogP contribution in [0.4, 0.5) is 0 Å². The summed E-state index contributed by atoms with van der Waals surface area (Å²) < 4.78 is 2.08. The molecule has 0 aliphatic carbocycles. The number of rotatable bonds is 0. The van der Waals surface area contributed by atoms with Gasteiger partial charge in [0.25, 0.3) is 0 Å². The maximum absolute atomic E-state index is 4.19. The molecule has 0 saturated heterocycles. The molecule has 3 aromatic heterocycles. The summed E-state index contributed by atoms with van der Waals surface area (Å²) in [6, 6.07) is 8.12. The first-order chi connectivity index (χ1) is 6.45. The van der Waals surface area contributed by atoms with Gasteiger partial charge in [-0.15, -0.1) is 0 Å². The lowest BCUT2D eigenvalue weighted by Gasteiger charge is -1.93. The SMILES string of the molecule is c1ccn2c(c1)cc1ncncc12. The van der Waals surface area contributed by atoms with Crippen molar-refractivity contribution in [2.75, 3.05) is 0 Å². The summed E-state index contributed by atoms with van der Waals surface area (Å²) in [6.07, 6.45) is 5.41. The van der Waals surface area contributed by atoms with Crippen molar-refractivity contribution >= 4 is 16.6 Å². The van der Waals surface area contributed by atoms with Gasteiger partial charge >= 0.3 is 0 Å². The zero-order valence-electron chi connectivity index (χ0n) is 6.88. The van der Waals surface area contributed by atoms with Gasteiger partial charge in [0.05, 0.1) is 17.2 Å². The van der Waals surface area contributed by atoms with E-state index in [1.807, 2.05) is 24.5 Å². The van der Waals surface area contributed by atoms with Crippen LogP contribution < -0.4 is 0 Å². The van der Waals surface area contributed by atoms with E-state index in [1.165, 1.54) is 0 Å². The van der Waals surface area contributed by atoms with Gasteiger partial charge in [-0.05, 0) is 18.2 Å². The van der Waals surface area contributed by atoms with Crippen LogP contribution in [0.5, 0.6) is 0 Å². The molecule has 3 rings (SSSR count). The van der Waals surface area contributed by atoms with Gasteiger partial charge in [0.2, 0.25) is 0 Å². The molecule has 0 aromatic carbocycles. The van der Waals surface area contributed by atoms with Crippen molar-refractivity contribution in [2.45, 2.75) is 0 Å². The Morgan fingerprint density at radius 3 is 3.23 bits per heavy atom. The molecule has 3 nitrogen and oxygen atoms in total. The number of aromatic nitrogens is 3. The Kier molecular flexibility index (Phi) is 1.16. The minimum atomic E-state index is 0.987. The van der Waals surface area contributed by atoms with E-state index in [1.54, 1.807) is 6.33 Å². The first kappa shape index (κ1) is 6.60. The highest BCUT2D eigenvalue weighted by atomic mass is 14.9. The molecule has 0 amide bonds. The third kappa shape index (κ3) is 0.839. The first-order valence-corrected chi connectivity index (χ1v) is 4.11. The minimum Gasteiger partial charge on any atom is -0.314 e. The third-order valence-electron chi connectivity index (χ3n) is 2.16. The fourth-order valence-electron chi connectivity index (χ4n) is 1.56. The van der Waals surface area contributed by atoms with Crippen LogP contribution in [0.2, 0.25) is 0 Å². The summed E-state index contributed by atoms with van der Waals surface area (Å²) in [5.41, 5.74) is 3.19.